The minimum atomic E-state index is -4.52. The highest BCUT2D eigenvalue weighted by molar-refractivity contribution is 5.98. The van der Waals surface area contributed by atoms with Gasteiger partial charge in [0, 0.05) is 13.0 Å². The molecule has 0 aliphatic carbocycles. The fraction of sp³-hybridized carbons (Fsp3) is 0.273. The summed E-state index contributed by atoms with van der Waals surface area (Å²) in [4.78, 5) is 12.7. The van der Waals surface area contributed by atoms with Gasteiger partial charge in [0.25, 0.3) is 5.91 Å². The van der Waals surface area contributed by atoms with E-state index in [0.29, 0.717) is 11.3 Å². The highest BCUT2D eigenvalue weighted by Crippen LogP contribution is 2.44. The number of amides is 1. The third-order valence-corrected chi connectivity index (χ3v) is 5.28. The number of aromatic nitrogens is 2. The summed E-state index contributed by atoms with van der Waals surface area (Å²) in [5.74, 6) is 0.0968. The molecule has 0 fully saturated rings. The van der Waals surface area contributed by atoms with Gasteiger partial charge in [-0.25, -0.2) is 4.68 Å². The van der Waals surface area contributed by atoms with Crippen molar-refractivity contribution in [3.63, 3.8) is 0 Å². The second kappa shape index (κ2) is 8.33. The van der Waals surface area contributed by atoms with E-state index < -0.39 is 24.2 Å². The Morgan fingerprint density at radius 3 is 2.71 bits per heavy atom. The highest BCUT2D eigenvalue weighted by Gasteiger charge is 2.47. The van der Waals surface area contributed by atoms with Crippen molar-refractivity contribution < 1.29 is 22.7 Å². The summed E-state index contributed by atoms with van der Waals surface area (Å²) in [5, 5.41) is 9.71. The maximum absolute atomic E-state index is 13.8. The van der Waals surface area contributed by atoms with E-state index in [1.165, 1.54) is 13.3 Å². The number of rotatable bonds is 5. The number of fused-ring (bicyclic) bond motifs is 1. The summed E-state index contributed by atoms with van der Waals surface area (Å²) in [7, 11) is 1.50. The molecule has 4 rings (SSSR count). The number of methoxy groups -OCH3 is 1. The van der Waals surface area contributed by atoms with Crippen molar-refractivity contribution in [3.8, 4) is 5.75 Å². The standard InChI is InChI=1S/C22H21F3N4O2/c1-31-16-9-5-8-15(10-16)18-11-19(22(23,24)25)29-20(28-18)17(13-27-29)21(30)26-12-14-6-3-2-4-7-14/h2-10,13,18-19,28H,11-12H2,1H3,(H,26,30)/t18-,19+/m1/s1. The summed E-state index contributed by atoms with van der Waals surface area (Å²) in [6.45, 7) is 0.256. The molecular weight excluding hydrogens is 409 g/mol. The van der Waals surface area contributed by atoms with Crippen LogP contribution in [0, 0.1) is 0 Å². The number of benzene rings is 2. The first kappa shape index (κ1) is 20.8. The van der Waals surface area contributed by atoms with Crippen LogP contribution < -0.4 is 15.4 Å². The van der Waals surface area contributed by atoms with E-state index in [1.807, 2.05) is 30.3 Å². The molecule has 2 atom stereocenters. The first-order valence-corrected chi connectivity index (χ1v) is 9.73. The van der Waals surface area contributed by atoms with Crippen molar-refractivity contribution in [1.29, 1.82) is 0 Å². The SMILES string of the molecule is COc1cccc([C@H]2C[C@@H](C(F)(F)F)n3ncc(C(=O)NCc4ccccc4)c3N2)c1. The number of alkyl halides is 3. The average molecular weight is 430 g/mol. The lowest BCUT2D eigenvalue weighted by Gasteiger charge is -2.34. The van der Waals surface area contributed by atoms with Gasteiger partial charge in [-0.3, -0.25) is 4.79 Å². The van der Waals surface area contributed by atoms with Crippen molar-refractivity contribution in [3.05, 3.63) is 77.5 Å². The second-order valence-electron chi connectivity index (χ2n) is 7.29. The van der Waals surface area contributed by atoms with Crippen molar-refractivity contribution in [2.45, 2.75) is 31.2 Å². The summed E-state index contributed by atoms with van der Waals surface area (Å²) in [5.41, 5.74) is 1.58. The van der Waals surface area contributed by atoms with Gasteiger partial charge in [-0.05, 0) is 23.3 Å². The van der Waals surface area contributed by atoms with Crippen molar-refractivity contribution >= 4 is 11.7 Å². The van der Waals surface area contributed by atoms with Crippen LogP contribution in [0.4, 0.5) is 19.0 Å². The highest BCUT2D eigenvalue weighted by atomic mass is 19.4. The van der Waals surface area contributed by atoms with Crippen molar-refractivity contribution in [2.24, 2.45) is 0 Å². The monoisotopic (exact) mass is 430 g/mol. The van der Waals surface area contributed by atoms with E-state index in [2.05, 4.69) is 15.7 Å². The molecule has 2 heterocycles. The van der Waals surface area contributed by atoms with Gasteiger partial charge in [-0.2, -0.15) is 18.3 Å². The fourth-order valence-corrected chi connectivity index (χ4v) is 3.68. The van der Waals surface area contributed by atoms with Crippen LogP contribution in [0.3, 0.4) is 0 Å². The maximum atomic E-state index is 13.8. The Labute approximate surface area is 177 Å². The van der Waals surface area contributed by atoms with Crippen molar-refractivity contribution in [1.82, 2.24) is 15.1 Å². The lowest BCUT2D eigenvalue weighted by Crippen LogP contribution is -2.36. The molecule has 1 amide bonds. The zero-order valence-corrected chi connectivity index (χ0v) is 16.7. The first-order chi connectivity index (χ1) is 14.9. The summed E-state index contributed by atoms with van der Waals surface area (Å²) >= 11 is 0. The van der Waals surface area contributed by atoms with Gasteiger partial charge >= 0.3 is 6.18 Å². The summed E-state index contributed by atoms with van der Waals surface area (Å²) in [6.07, 6.45) is -3.59. The topological polar surface area (TPSA) is 68.2 Å². The molecule has 3 aromatic rings. The number of nitrogens with one attached hydrogen (secondary N) is 2. The van der Waals surface area contributed by atoms with Gasteiger partial charge in [0.15, 0.2) is 6.04 Å². The molecule has 2 aromatic carbocycles. The van der Waals surface area contributed by atoms with Crippen LogP contribution in [0.2, 0.25) is 0 Å². The molecule has 0 spiro atoms. The number of carbonyl (C=O) groups is 1. The molecule has 0 saturated carbocycles. The fourth-order valence-electron chi connectivity index (χ4n) is 3.68. The Kier molecular flexibility index (Phi) is 5.58. The van der Waals surface area contributed by atoms with Gasteiger partial charge in [0.2, 0.25) is 0 Å². The molecule has 1 aromatic heterocycles. The quantitative estimate of drug-likeness (QED) is 0.626. The van der Waals surface area contributed by atoms with Crippen LogP contribution in [-0.2, 0) is 6.54 Å². The van der Waals surface area contributed by atoms with E-state index in [0.717, 1.165) is 10.2 Å². The van der Waals surface area contributed by atoms with E-state index in [4.69, 9.17) is 4.74 Å². The lowest BCUT2D eigenvalue weighted by molar-refractivity contribution is -0.173. The zero-order valence-electron chi connectivity index (χ0n) is 16.7. The van der Waals surface area contributed by atoms with Crippen LogP contribution >= 0.6 is 0 Å². The molecule has 6 nitrogen and oxygen atoms in total. The van der Waals surface area contributed by atoms with E-state index in [9.17, 15) is 18.0 Å². The zero-order chi connectivity index (χ0) is 22.0. The van der Waals surface area contributed by atoms with Gasteiger partial charge in [-0.1, -0.05) is 42.5 Å². The first-order valence-electron chi connectivity index (χ1n) is 9.73. The largest absolute Gasteiger partial charge is 0.497 e. The molecule has 2 N–H and O–H groups in total. The van der Waals surface area contributed by atoms with Gasteiger partial charge in [-0.15, -0.1) is 0 Å². The number of hydrogen-bond donors (Lipinski definition) is 2. The average Bonchev–Trinajstić information content (AvgIpc) is 3.21. The summed E-state index contributed by atoms with van der Waals surface area (Å²) in [6, 6.07) is 13.6. The van der Waals surface area contributed by atoms with Crippen LogP contribution in [0.1, 0.15) is 40.0 Å². The number of anilines is 1. The molecule has 162 valence electrons. The predicted molar refractivity (Wildman–Crippen MR) is 109 cm³/mol. The Morgan fingerprint density at radius 2 is 2.00 bits per heavy atom. The second-order valence-corrected chi connectivity index (χ2v) is 7.29. The Bertz CT molecular complexity index is 1070. The number of ether oxygens (including phenoxy) is 1. The normalized spacial score (nSPS) is 18.1. The number of halogens is 3. The number of nitrogens with zero attached hydrogens (tertiary/aromatic N) is 2. The molecule has 1 aliphatic heterocycles. The van der Waals surface area contributed by atoms with Crippen molar-refractivity contribution in [2.75, 3.05) is 12.4 Å². The van der Waals surface area contributed by atoms with Crippen LogP contribution in [0.15, 0.2) is 60.8 Å². The molecule has 0 radical (unpaired) electrons. The third kappa shape index (κ3) is 4.35. The maximum Gasteiger partial charge on any atom is 0.410 e. The van der Waals surface area contributed by atoms with E-state index in [1.54, 1.807) is 24.3 Å². The van der Waals surface area contributed by atoms with Crippen LogP contribution in [0.25, 0.3) is 0 Å². The van der Waals surface area contributed by atoms with Gasteiger partial charge in [0.1, 0.15) is 17.1 Å². The van der Waals surface area contributed by atoms with Gasteiger partial charge in [0.05, 0.1) is 19.3 Å². The Hall–Kier alpha value is -3.49. The molecule has 31 heavy (non-hydrogen) atoms. The number of hydrogen-bond acceptors (Lipinski definition) is 4. The molecule has 0 unspecified atom stereocenters. The lowest BCUT2D eigenvalue weighted by atomic mass is 9.96. The van der Waals surface area contributed by atoms with E-state index >= 15 is 0 Å². The molecule has 1 aliphatic rings. The smallest absolute Gasteiger partial charge is 0.410 e. The third-order valence-electron chi connectivity index (χ3n) is 5.28. The minimum absolute atomic E-state index is 0.0481. The molecular formula is C22H21F3N4O2. The summed E-state index contributed by atoms with van der Waals surface area (Å²) < 4.78 is 47.5. The molecule has 9 heteroatoms. The molecule has 0 saturated heterocycles. The van der Waals surface area contributed by atoms with Crippen LogP contribution in [-0.4, -0.2) is 29.0 Å². The van der Waals surface area contributed by atoms with Crippen LogP contribution in [0.5, 0.6) is 5.75 Å². The Balaban J connectivity index is 1.63. The van der Waals surface area contributed by atoms with Gasteiger partial charge < -0.3 is 15.4 Å². The predicted octanol–water partition coefficient (Wildman–Crippen LogP) is 4.48. The molecule has 0 bridgehead atoms. The minimum Gasteiger partial charge on any atom is -0.497 e. The number of carbonyl (C=O) groups excluding carboxylic acids is 1. The Morgan fingerprint density at radius 1 is 1.23 bits per heavy atom. The van der Waals surface area contributed by atoms with E-state index in [-0.39, 0.29) is 24.3 Å².